The van der Waals surface area contributed by atoms with E-state index in [1.54, 1.807) is 48.5 Å². The lowest BCUT2D eigenvalue weighted by Crippen LogP contribution is -2.14. The minimum Gasteiger partial charge on any atom is -0.446 e. The maximum absolute atomic E-state index is 12.3. The van der Waals surface area contributed by atoms with Crippen LogP contribution in [0, 0.1) is 10.8 Å². The highest BCUT2D eigenvalue weighted by Crippen LogP contribution is 2.16. The van der Waals surface area contributed by atoms with Crippen molar-refractivity contribution in [3.63, 3.8) is 0 Å². The van der Waals surface area contributed by atoms with E-state index in [0.717, 1.165) is 0 Å². The summed E-state index contributed by atoms with van der Waals surface area (Å²) in [5.74, 6) is -1.24. The average Bonchev–Trinajstić information content (AvgIpc) is 3.19. The number of benzene rings is 2. The first kappa shape index (κ1) is 19.4. The molecule has 3 rings (SSSR count). The highest BCUT2D eigenvalue weighted by molar-refractivity contribution is 6.06. The number of carbonyl (C=O) groups is 2. The van der Waals surface area contributed by atoms with Crippen molar-refractivity contribution in [1.82, 2.24) is 0 Å². The molecule has 0 unspecified atom stereocenters. The van der Waals surface area contributed by atoms with Crippen LogP contribution in [0.3, 0.4) is 0 Å². The van der Waals surface area contributed by atoms with E-state index >= 15 is 0 Å². The summed E-state index contributed by atoms with van der Waals surface area (Å²) in [6.07, 6.45) is 0. The third-order valence-corrected chi connectivity index (χ3v) is 3.96. The summed E-state index contributed by atoms with van der Waals surface area (Å²) in [6.45, 7) is 0. The molecule has 1 aromatic heterocycles. The van der Waals surface area contributed by atoms with Gasteiger partial charge in [0, 0.05) is 22.5 Å². The van der Waals surface area contributed by atoms with Gasteiger partial charge >= 0.3 is 0 Å². The van der Waals surface area contributed by atoms with E-state index in [-0.39, 0.29) is 23.2 Å². The van der Waals surface area contributed by atoms with Crippen molar-refractivity contribution in [2.45, 2.75) is 0 Å². The van der Waals surface area contributed by atoms with E-state index in [9.17, 15) is 9.59 Å². The lowest BCUT2D eigenvalue weighted by atomic mass is 10.2. The molecule has 0 saturated heterocycles. The first-order chi connectivity index (χ1) is 13.8. The number of carbonyl (C=O) groups excluding carboxylic acids is 2. The summed E-state index contributed by atoms with van der Waals surface area (Å²) < 4.78 is 5.34. The second kappa shape index (κ2) is 8.09. The molecule has 0 spiro atoms. The van der Waals surface area contributed by atoms with Gasteiger partial charge in [-0.3, -0.25) is 20.4 Å². The maximum Gasteiger partial charge on any atom is 0.291 e. The number of rotatable bonds is 6. The number of amides is 2. The molecule has 9 nitrogen and oxygen atoms in total. The lowest BCUT2D eigenvalue weighted by Gasteiger charge is -2.05. The first-order valence-electron chi connectivity index (χ1n) is 8.45. The molecule has 0 aliphatic heterocycles. The number of anilines is 2. The summed E-state index contributed by atoms with van der Waals surface area (Å²) in [7, 11) is 0. The average molecular weight is 390 g/mol. The lowest BCUT2D eigenvalue weighted by molar-refractivity contribution is 0.0974. The van der Waals surface area contributed by atoms with Crippen LogP contribution in [0.1, 0.15) is 32.2 Å². The topological polar surface area (TPSA) is 171 Å². The molecule has 0 aliphatic carbocycles. The van der Waals surface area contributed by atoms with Crippen LogP contribution in [0.2, 0.25) is 0 Å². The highest BCUT2D eigenvalue weighted by Gasteiger charge is 2.16. The third kappa shape index (κ3) is 4.66. The molecule has 9 heteroatoms. The summed E-state index contributed by atoms with van der Waals surface area (Å²) in [6, 6.07) is 15.6. The molecule has 0 radical (unpaired) electrons. The van der Waals surface area contributed by atoms with Gasteiger partial charge in [0.2, 0.25) is 0 Å². The zero-order valence-corrected chi connectivity index (χ0v) is 15.2. The molecule has 29 heavy (non-hydrogen) atoms. The van der Waals surface area contributed by atoms with Crippen LogP contribution in [-0.4, -0.2) is 23.5 Å². The van der Waals surface area contributed by atoms with E-state index in [1.165, 1.54) is 12.1 Å². The Morgan fingerprint density at radius 1 is 0.655 bits per heavy atom. The molecule has 1 heterocycles. The number of nitrogens with one attached hydrogen (secondary N) is 4. The number of amidine groups is 2. The van der Waals surface area contributed by atoms with Crippen LogP contribution in [0.15, 0.2) is 65.1 Å². The van der Waals surface area contributed by atoms with Crippen molar-refractivity contribution in [3.05, 3.63) is 83.3 Å². The standard InChI is InChI=1S/C20H18N6O3/c21-17(22)11-1-5-13(6-2-11)25-19(27)15-9-10-16(29-15)20(28)26-14-7-3-12(4-8-14)18(23)24/h1-10H,(H3,21,22)(H3,23,24)(H,25,27)(H,26,28). The summed E-state index contributed by atoms with van der Waals surface area (Å²) in [4.78, 5) is 24.6. The van der Waals surface area contributed by atoms with Crippen LogP contribution in [0.4, 0.5) is 11.4 Å². The Balaban J connectivity index is 1.64. The van der Waals surface area contributed by atoms with Gasteiger partial charge in [-0.25, -0.2) is 0 Å². The minimum absolute atomic E-state index is 0.0299. The number of nitrogens with two attached hydrogens (primary N) is 2. The molecule has 8 N–H and O–H groups in total. The first-order valence-corrected chi connectivity index (χ1v) is 8.45. The molecule has 146 valence electrons. The van der Waals surface area contributed by atoms with Crippen molar-refractivity contribution < 1.29 is 14.0 Å². The smallest absolute Gasteiger partial charge is 0.291 e. The Morgan fingerprint density at radius 2 is 1.00 bits per heavy atom. The van der Waals surface area contributed by atoms with E-state index in [2.05, 4.69) is 10.6 Å². The molecule has 2 amide bonds. The van der Waals surface area contributed by atoms with Crippen molar-refractivity contribution in [1.29, 1.82) is 10.8 Å². The van der Waals surface area contributed by atoms with Gasteiger partial charge in [0.25, 0.3) is 11.8 Å². The van der Waals surface area contributed by atoms with Gasteiger partial charge in [0.15, 0.2) is 11.5 Å². The van der Waals surface area contributed by atoms with Crippen molar-refractivity contribution in [2.75, 3.05) is 10.6 Å². The summed E-state index contributed by atoms with van der Waals surface area (Å²) >= 11 is 0. The monoisotopic (exact) mass is 390 g/mol. The molecular formula is C20H18N6O3. The van der Waals surface area contributed by atoms with Gasteiger partial charge in [-0.05, 0) is 60.7 Å². The largest absolute Gasteiger partial charge is 0.446 e. The fourth-order valence-electron chi connectivity index (χ4n) is 2.43. The molecule has 0 aliphatic rings. The van der Waals surface area contributed by atoms with Crippen LogP contribution in [-0.2, 0) is 0 Å². The number of hydrogen-bond donors (Lipinski definition) is 6. The van der Waals surface area contributed by atoms with E-state index in [0.29, 0.717) is 22.5 Å². The van der Waals surface area contributed by atoms with Crippen LogP contribution in [0.5, 0.6) is 0 Å². The second-order valence-corrected chi connectivity index (χ2v) is 6.05. The fourth-order valence-corrected chi connectivity index (χ4v) is 2.43. The molecular weight excluding hydrogens is 372 g/mol. The van der Waals surface area contributed by atoms with E-state index in [4.69, 9.17) is 26.7 Å². The highest BCUT2D eigenvalue weighted by atomic mass is 16.4. The van der Waals surface area contributed by atoms with Gasteiger partial charge in [-0.1, -0.05) is 0 Å². The van der Waals surface area contributed by atoms with Gasteiger partial charge < -0.3 is 26.5 Å². The van der Waals surface area contributed by atoms with Gasteiger partial charge in [-0.2, -0.15) is 0 Å². The van der Waals surface area contributed by atoms with Crippen LogP contribution >= 0.6 is 0 Å². The molecule has 0 bridgehead atoms. The molecule has 0 saturated carbocycles. The molecule has 0 fully saturated rings. The Morgan fingerprint density at radius 3 is 1.31 bits per heavy atom. The van der Waals surface area contributed by atoms with Gasteiger partial charge in [-0.15, -0.1) is 0 Å². The minimum atomic E-state index is -0.523. The number of furan rings is 1. The number of hydrogen-bond acceptors (Lipinski definition) is 5. The Hall–Kier alpha value is -4.40. The van der Waals surface area contributed by atoms with Crippen molar-refractivity contribution >= 4 is 34.9 Å². The Bertz CT molecular complexity index is 998. The third-order valence-electron chi connectivity index (χ3n) is 3.96. The van der Waals surface area contributed by atoms with Gasteiger partial charge in [0.1, 0.15) is 11.7 Å². The van der Waals surface area contributed by atoms with Crippen molar-refractivity contribution in [2.24, 2.45) is 11.5 Å². The predicted molar refractivity (Wildman–Crippen MR) is 110 cm³/mol. The number of nitrogen functional groups attached to an aromatic ring is 2. The van der Waals surface area contributed by atoms with E-state index in [1.807, 2.05) is 0 Å². The molecule has 3 aromatic rings. The van der Waals surface area contributed by atoms with E-state index < -0.39 is 11.8 Å². The summed E-state index contributed by atoms with van der Waals surface area (Å²) in [5, 5.41) is 20.0. The van der Waals surface area contributed by atoms with Crippen molar-refractivity contribution in [3.8, 4) is 0 Å². The fraction of sp³-hybridized carbons (Fsp3) is 0. The van der Waals surface area contributed by atoms with Gasteiger partial charge in [0.05, 0.1) is 0 Å². The Labute approximate surface area is 165 Å². The SMILES string of the molecule is N=C(N)c1ccc(NC(=O)c2ccc(C(=O)Nc3ccc(C(=N)N)cc3)o2)cc1. The molecule has 0 atom stereocenters. The maximum atomic E-state index is 12.3. The molecule has 2 aromatic carbocycles. The zero-order chi connectivity index (χ0) is 21.0. The Kier molecular flexibility index (Phi) is 5.40. The zero-order valence-electron chi connectivity index (χ0n) is 15.2. The predicted octanol–water partition coefficient (Wildman–Crippen LogP) is 2.35. The second-order valence-electron chi connectivity index (χ2n) is 6.05. The quantitative estimate of drug-likeness (QED) is 0.280. The summed E-state index contributed by atoms with van der Waals surface area (Å²) in [5.41, 5.74) is 12.8. The van der Waals surface area contributed by atoms with Crippen LogP contribution in [0.25, 0.3) is 0 Å². The normalized spacial score (nSPS) is 10.2. The van der Waals surface area contributed by atoms with Crippen LogP contribution < -0.4 is 22.1 Å².